The van der Waals surface area contributed by atoms with Gasteiger partial charge in [0.15, 0.2) is 0 Å². The second-order valence-electron chi connectivity index (χ2n) is 4.26. The molecule has 0 saturated carbocycles. The van der Waals surface area contributed by atoms with Crippen LogP contribution in [0, 0.1) is 0 Å². The van der Waals surface area contributed by atoms with Crippen molar-refractivity contribution in [3.8, 4) is 16.5 Å². The molecule has 0 bridgehead atoms. The van der Waals surface area contributed by atoms with Gasteiger partial charge in [0.05, 0.1) is 4.88 Å². The molecule has 0 amide bonds. The SMILES string of the molecule is NCc1ccc(OCc2coc(-c3cccs3)n2)cc1. The Morgan fingerprint density at radius 2 is 2.05 bits per heavy atom. The highest BCUT2D eigenvalue weighted by Gasteiger charge is 2.07. The van der Waals surface area contributed by atoms with Crippen molar-refractivity contribution >= 4 is 11.3 Å². The van der Waals surface area contributed by atoms with Gasteiger partial charge in [-0.1, -0.05) is 18.2 Å². The fourth-order valence-electron chi connectivity index (χ4n) is 1.77. The van der Waals surface area contributed by atoms with Gasteiger partial charge in [-0.3, -0.25) is 0 Å². The molecule has 0 aliphatic carbocycles. The second kappa shape index (κ2) is 5.90. The third-order valence-electron chi connectivity index (χ3n) is 2.83. The normalized spacial score (nSPS) is 10.7. The summed E-state index contributed by atoms with van der Waals surface area (Å²) in [4.78, 5) is 5.42. The summed E-state index contributed by atoms with van der Waals surface area (Å²) in [6.07, 6.45) is 1.63. The van der Waals surface area contributed by atoms with Gasteiger partial charge in [0.1, 0.15) is 24.3 Å². The summed E-state index contributed by atoms with van der Waals surface area (Å²) in [6.45, 7) is 0.921. The van der Waals surface area contributed by atoms with Crippen molar-refractivity contribution in [3.63, 3.8) is 0 Å². The van der Waals surface area contributed by atoms with E-state index in [1.54, 1.807) is 17.6 Å². The quantitative estimate of drug-likeness (QED) is 0.780. The van der Waals surface area contributed by atoms with Crippen LogP contribution in [0.2, 0.25) is 0 Å². The second-order valence-corrected chi connectivity index (χ2v) is 5.21. The molecule has 2 aromatic heterocycles. The number of nitrogens with zero attached hydrogens (tertiary/aromatic N) is 1. The molecule has 0 radical (unpaired) electrons. The summed E-state index contributed by atoms with van der Waals surface area (Å²) in [5, 5.41) is 1.99. The van der Waals surface area contributed by atoms with Gasteiger partial charge in [0.25, 0.3) is 0 Å². The number of benzene rings is 1. The Bertz CT molecular complexity index is 660. The van der Waals surface area contributed by atoms with Crippen LogP contribution in [0.5, 0.6) is 5.75 Å². The Balaban J connectivity index is 1.63. The molecule has 4 nitrogen and oxygen atoms in total. The Morgan fingerprint density at radius 1 is 1.20 bits per heavy atom. The molecule has 0 spiro atoms. The molecule has 0 fully saturated rings. The van der Waals surface area contributed by atoms with E-state index in [0.29, 0.717) is 19.0 Å². The number of hydrogen-bond donors (Lipinski definition) is 1. The van der Waals surface area contributed by atoms with Crippen molar-refractivity contribution < 1.29 is 9.15 Å². The molecule has 2 N–H and O–H groups in total. The minimum Gasteiger partial charge on any atom is -0.487 e. The number of aromatic nitrogens is 1. The predicted molar refractivity (Wildman–Crippen MR) is 78.5 cm³/mol. The maximum Gasteiger partial charge on any atom is 0.236 e. The minimum atomic E-state index is 0.386. The zero-order chi connectivity index (χ0) is 13.8. The first-order valence-electron chi connectivity index (χ1n) is 6.25. The Morgan fingerprint density at radius 3 is 2.75 bits per heavy atom. The van der Waals surface area contributed by atoms with Crippen molar-refractivity contribution in [2.75, 3.05) is 0 Å². The van der Waals surface area contributed by atoms with Gasteiger partial charge in [-0.15, -0.1) is 11.3 Å². The highest BCUT2D eigenvalue weighted by molar-refractivity contribution is 7.13. The zero-order valence-corrected chi connectivity index (χ0v) is 11.6. The van der Waals surface area contributed by atoms with Gasteiger partial charge in [-0.2, -0.15) is 0 Å². The first kappa shape index (κ1) is 12.9. The van der Waals surface area contributed by atoms with E-state index in [-0.39, 0.29) is 0 Å². The molecule has 0 saturated heterocycles. The summed E-state index contributed by atoms with van der Waals surface area (Å²) < 4.78 is 11.1. The average Bonchev–Trinajstić information content (AvgIpc) is 3.16. The molecule has 0 aliphatic rings. The molecular weight excluding hydrogens is 272 g/mol. The molecule has 20 heavy (non-hydrogen) atoms. The molecule has 102 valence electrons. The number of rotatable bonds is 5. The summed E-state index contributed by atoms with van der Waals surface area (Å²) in [7, 11) is 0. The Hall–Kier alpha value is -2.11. The van der Waals surface area contributed by atoms with Crippen molar-refractivity contribution in [3.05, 3.63) is 59.3 Å². The number of nitrogens with two attached hydrogens (primary N) is 1. The topological polar surface area (TPSA) is 61.3 Å². The van der Waals surface area contributed by atoms with Gasteiger partial charge in [0.2, 0.25) is 5.89 Å². The molecule has 0 aliphatic heterocycles. The molecule has 5 heteroatoms. The smallest absolute Gasteiger partial charge is 0.236 e. The van der Waals surface area contributed by atoms with E-state index >= 15 is 0 Å². The van der Waals surface area contributed by atoms with E-state index in [9.17, 15) is 0 Å². The molecule has 1 aromatic carbocycles. The van der Waals surface area contributed by atoms with Crippen LogP contribution < -0.4 is 10.5 Å². The van der Waals surface area contributed by atoms with Gasteiger partial charge in [-0.05, 0) is 29.1 Å². The highest BCUT2D eigenvalue weighted by atomic mass is 32.1. The number of thiophene rings is 1. The van der Waals surface area contributed by atoms with Crippen molar-refractivity contribution in [2.24, 2.45) is 5.73 Å². The lowest BCUT2D eigenvalue weighted by atomic mass is 10.2. The summed E-state index contributed by atoms with van der Waals surface area (Å²) >= 11 is 1.60. The van der Waals surface area contributed by atoms with Crippen LogP contribution in [-0.2, 0) is 13.2 Å². The Kier molecular flexibility index (Phi) is 3.80. The van der Waals surface area contributed by atoms with E-state index in [2.05, 4.69) is 4.98 Å². The lowest BCUT2D eigenvalue weighted by Gasteiger charge is -2.04. The van der Waals surface area contributed by atoms with E-state index in [0.717, 1.165) is 21.9 Å². The lowest BCUT2D eigenvalue weighted by molar-refractivity contribution is 0.301. The van der Waals surface area contributed by atoms with Crippen LogP contribution in [0.15, 0.2) is 52.5 Å². The Labute approximate surface area is 120 Å². The van der Waals surface area contributed by atoms with Gasteiger partial charge < -0.3 is 14.9 Å². The van der Waals surface area contributed by atoms with E-state index in [1.807, 2.05) is 41.8 Å². The summed E-state index contributed by atoms with van der Waals surface area (Å²) in [5.41, 5.74) is 7.41. The summed E-state index contributed by atoms with van der Waals surface area (Å²) in [6, 6.07) is 11.7. The molecule has 3 aromatic rings. The van der Waals surface area contributed by atoms with Crippen LogP contribution in [0.3, 0.4) is 0 Å². The average molecular weight is 286 g/mol. The molecule has 3 rings (SSSR count). The highest BCUT2D eigenvalue weighted by Crippen LogP contribution is 2.24. The largest absolute Gasteiger partial charge is 0.487 e. The predicted octanol–water partition coefficient (Wildman–Crippen LogP) is 3.44. The first-order chi connectivity index (χ1) is 9.85. The zero-order valence-electron chi connectivity index (χ0n) is 10.8. The van der Waals surface area contributed by atoms with Crippen LogP contribution in [-0.4, -0.2) is 4.98 Å². The third-order valence-corrected chi connectivity index (χ3v) is 3.69. The fourth-order valence-corrected chi connectivity index (χ4v) is 2.42. The maximum absolute atomic E-state index is 5.66. The maximum atomic E-state index is 5.66. The number of hydrogen-bond acceptors (Lipinski definition) is 5. The molecular formula is C15H14N2O2S. The van der Waals surface area contributed by atoms with Crippen LogP contribution in [0.1, 0.15) is 11.3 Å². The van der Waals surface area contributed by atoms with Crippen LogP contribution in [0.4, 0.5) is 0 Å². The van der Waals surface area contributed by atoms with Crippen LogP contribution in [0.25, 0.3) is 10.8 Å². The van der Waals surface area contributed by atoms with Gasteiger partial charge in [-0.25, -0.2) is 4.98 Å². The van der Waals surface area contributed by atoms with Crippen molar-refractivity contribution in [1.82, 2.24) is 4.98 Å². The monoisotopic (exact) mass is 286 g/mol. The first-order valence-corrected chi connectivity index (χ1v) is 7.13. The van der Waals surface area contributed by atoms with Crippen LogP contribution >= 0.6 is 11.3 Å². The standard InChI is InChI=1S/C15H14N2O2S/c16-8-11-3-5-13(6-4-11)18-9-12-10-19-15(17-12)14-2-1-7-20-14/h1-7,10H,8-9,16H2. The fraction of sp³-hybridized carbons (Fsp3) is 0.133. The van der Waals surface area contributed by atoms with Crippen molar-refractivity contribution in [1.29, 1.82) is 0 Å². The van der Waals surface area contributed by atoms with E-state index in [1.165, 1.54) is 0 Å². The van der Waals surface area contributed by atoms with Gasteiger partial charge in [0, 0.05) is 6.54 Å². The molecule has 0 unspecified atom stereocenters. The summed E-state index contributed by atoms with van der Waals surface area (Å²) in [5.74, 6) is 1.43. The minimum absolute atomic E-state index is 0.386. The number of ether oxygens (including phenoxy) is 1. The number of oxazole rings is 1. The third kappa shape index (κ3) is 2.89. The van der Waals surface area contributed by atoms with Gasteiger partial charge >= 0.3 is 0 Å². The van der Waals surface area contributed by atoms with E-state index < -0.39 is 0 Å². The molecule has 2 heterocycles. The van der Waals surface area contributed by atoms with E-state index in [4.69, 9.17) is 14.9 Å². The molecule has 0 atom stereocenters. The van der Waals surface area contributed by atoms with Crippen molar-refractivity contribution in [2.45, 2.75) is 13.2 Å². The lowest BCUT2D eigenvalue weighted by Crippen LogP contribution is -1.98.